The van der Waals surface area contributed by atoms with Crippen molar-refractivity contribution in [1.82, 2.24) is 4.98 Å². The second-order valence-corrected chi connectivity index (χ2v) is 8.64. The van der Waals surface area contributed by atoms with E-state index in [1.165, 1.54) is 23.5 Å². The third-order valence-electron chi connectivity index (χ3n) is 5.46. The van der Waals surface area contributed by atoms with Crippen LogP contribution in [-0.2, 0) is 0 Å². The van der Waals surface area contributed by atoms with Crippen molar-refractivity contribution in [3.8, 4) is 28.1 Å². The summed E-state index contributed by atoms with van der Waals surface area (Å²) < 4.78 is 19.4. The summed E-state index contributed by atoms with van der Waals surface area (Å²) in [5, 5.41) is 3.51. The molecule has 0 aliphatic rings. The minimum Gasteiger partial charge on any atom is -0.497 e. The van der Waals surface area contributed by atoms with Gasteiger partial charge in [0.1, 0.15) is 21.3 Å². The van der Waals surface area contributed by atoms with Crippen LogP contribution in [-0.4, -0.2) is 18.0 Å². The molecule has 0 unspecified atom stereocenters. The molecule has 0 aliphatic carbocycles. The van der Waals surface area contributed by atoms with Gasteiger partial charge in [-0.15, -0.1) is 11.3 Å². The molecule has 0 spiro atoms. The number of nitrogen functional groups attached to an aromatic ring is 1. The van der Waals surface area contributed by atoms with Crippen LogP contribution >= 0.6 is 11.3 Å². The molecule has 34 heavy (non-hydrogen) atoms. The molecule has 5 aromatic rings. The lowest BCUT2D eigenvalue weighted by atomic mass is 9.99. The predicted molar refractivity (Wildman–Crippen MR) is 136 cm³/mol. The molecule has 0 saturated carbocycles. The summed E-state index contributed by atoms with van der Waals surface area (Å²) in [5.41, 5.74) is 10.4. The topological polar surface area (TPSA) is 77.2 Å². The molecule has 1 amide bonds. The molecule has 0 atom stereocenters. The van der Waals surface area contributed by atoms with Crippen molar-refractivity contribution in [2.75, 3.05) is 18.2 Å². The number of carbonyl (C=O) groups is 1. The van der Waals surface area contributed by atoms with Gasteiger partial charge in [0.2, 0.25) is 0 Å². The van der Waals surface area contributed by atoms with Gasteiger partial charge in [0, 0.05) is 16.6 Å². The number of fused-ring (bicyclic) bond motifs is 1. The largest absolute Gasteiger partial charge is 0.497 e. The van der Waals surface area contributed by atoms with Crippen LogP contribution in [0.4, 0.5) is 15.8 Å². The highest BCUT2D eigenvalue weighted by molar-refractivity contribution is 7.21. The van der Waals surface area contributed by atoms with Crippen LogP contribution in [0.15, 0.2) is 84.9 Å². The fourth-order valence-electron chi connectivity index (χ4n) is 3.79. The average Bonchev–Trinajstić information content (AvgIpc) is 3.20. The van der Waals surface area contributed by atoms with Gasteiger partial charge in [-0.1, -0.05) is 30.3 Å². The maximum atomic E-state index is 14.1. The highest BCUT2D eigenvalue weighted by atomic mass is 32.1. The molecule has 3 aromatic carbocycles. The third kappa shape index (κ3) is 4.09. The second kappa shape index (κ2) is 8.96. The van der Waals surface area contributed by atoms with Crippen LogP contribution in [0.2, 0.25) is 0 Å². The van der Waals surface area contributed by atoms with Crippen LogP contribution in [0, 0.1) is 5.82 Å². The van der Waals surface area contributed by atoms with Crippen molar-refractivity contribution in [3.63, 3.8) is 0 Å². The maximum Gasteiger partial charge on any atom is 0.267 e. The average molecular weight is 470 g/mol. The predicted octanol–water partition coefficient (Wildman–Crippen LogP) is 6.61. The van der Waals surface area contributed by atoms with Crippen LogP contribution in [0.3, 0.4) is 0 Å². The van der Waals surface area contributed by atoms with Gasteiger partial charge in [-0.3, -0.25) is 4.79 Å². The van der Waals surface area contributed by atoms with Crippen LogP contribution < -0.4 is 15.8 Å². The monoisotopic (exact) mass is 469 g/mol. The highest BCUT2D eigenvalue weighted by Crippen LogP contribution is 2.41. The summed E-state index contributed by atoms with van der Waals surface area (Å²) in [4.78, 5) is 18.8. The number of nitrogens with one attached hydrogen (secondary N) is 1. The Hall–Kier alpha value is -4.23. The molecule has 3 N–H and O–H groups in total. The van der Waals surface area contributed by atoms with E-state index in [1.54, 1.807) is 25.3 Å². The van der Waals surface area contributed by atoms with Gasteiger partial charge >= 0.3 is 0 Å². The number of nitrogens with two attached hydrogens (primary N) is 1. The zero-order chi connectivity index (χ0) is 23.7. The van der Waals surface area contributed by atoms with Crippen molar-refractivity contribution < 1.29 is 13.9 Å². The number of para-hydroxylation sites is 1. The van der Waals surface area contributed by atoms with Crippen molar-refractivity contribution in [2.24, 2.45) is 0 Å². The summed E-state index contributed by atoms with van der Waals surface area (Å²) in [5.74, 6) is 0.0580. The molecule has 2 heterocycles. The molecule has 5 rings (SSSR count). The summed E-state index contributed by atoms with van der Waals surface area (Å²) >= 11 is 1.21. The quantitative estimate of drug-likeness (QED) is 0.304. The number of hydrogen-bond acceptors (Lipinski definition) is 5. The molecule has 5 nitrogen and oxygen atoms in total. The van der Waals surface area contributed by atoms with E-state index in [1.807, 2.05) is 54.6 Å². The number of benzene rings is 3. The number of anilines is 2. The van der Waals surface area contributed by atoms with E-state index in [9.17, 15) is 9.18 Å². The van der Waals surface area contributed by atoms with Gasteiger partial charge in [0.15, 0.2) is 0 Å². The number of methoxy groups -OCH3 is 1. The van der Waals surface area contributed by atoms with E-state index in [4.69, 9.17) is 15.5 Å². The van der Waals surface area contributed by atoms with Crippen molar-refractivity contribution in [3.05, 3.63) is 95.6 Å². The van der Waals surface area contributed by atoms with Gasteiger partial charge in [-0.2, -0.15) is 0 Å². The molecule has 0 bridgehead atoms. The molecule has 0 aliphatic heterocycles. The summed E-state index contributed by atoms with van der Waals surface area (Å²) in [7, 11) is 1.61. The smallest absolute Gasteiger partial charge is 0.267 e. The first-order valence-electron chi connectivity index (χ1n) is 10.5. The number of carbonyl (C=O) groups excluding carboxylic acids is 1. The molecule has 7 heteroatoms. The zero-order valence-corrected chi connectivity index (χ0v) is 19.0. The van der Waals surface area contributed by atoms with E-state index >= 15 is 0 Å². The van der Waals surface area contributed by atoms with Gasteiger partial charge in [-0.05, 0) is 65.7 Å². The number of thiophene rings is 1. The Kier molecular flexibility index (Phi) is 5.69. The van der Waals surface area contributed by atoms with Gasteiger partial charge in [0.05, 0.1) is 18.5 Å². The lowest BCUT2D eigenvalue weighted by Gasteiger charge is -2.10. The van der Waals surface area contributed by atoms with E-state index in [0.29, 0.717) is 43.3 Å². The Labute approximate surface area is 199 Å². The van der Waals surface area contributed by atoms with Crippen LogP contribution in [0.1, 0.15) is 9.67 Å². The standard InChI is InChI=1S/C27H20FN3O2S/c1-33-20-12-10-16(11-13-20)22-15-21(17-6-5-7-18(28)14-17)23-24(29)25(34-27(23)31-22)26(32)30-19-8-3-2-4-9-19/h2-15H,29H2,1H3,(H,30,32). The number of nitrogens with zero attached hydrogens (tertiary/aromatic N) is 1. The molecular weight excluding hydrogens is 449 g/mol. The number of amides is 1. The molecule has 0 radical (unpaired) electrons. The Morgan fingerprint density at radius 1 is 0.971 bits per heavy atom. The second-order valence-electron chi connectivity index (χ2n) is 7.64. The van der Waals surface area contributed by atoms with Crippen LogP contribution in [0.5, 0.6) is 5.75 Å². The number of rotatable bonds is 5. The minimum atomic E-state index is -0.357. The van der Waals surface area contributed by atoms with E-state index < -0.39 is 0 Å². The Morgan fingerprint density at radius 3 is 2.44 bits per heavy atom. The fraction of sp³-hybridized carbons (Fsp3) is 0.0370. The summed E-state index contributed by atoms with van der Waals surface area (Å²) in [6.07, 6.45) is 0. The molecule has 2 aromatic heterocycles. The first-order chi connectivity index (χ1) is 16.5. The lowest BCUT2D eigenvalue weighted by Crippen LogP contribution is -2.11. The van der Waals surface area contributed by atoms with Crippen molar-refractivity contribution >= 4 is 38.8 Å². The first-order valence-corrected chi connectivity index (χ1v) is 11.3. The summed E-state index contributed by atoms with van der Waals surface area (Å²) in [6.45, 7) is 0. The Morgan fingerprint density at radius 2 is 1.74 bits per heavy atom. The van der Waals surface area contributed by atoms with Crippen LogP contribution in [0.25, 0.3) is 32.6 Å². The van der Waals surface area contributed by atoms with E-state index in [0.717, 1.165) is 11.3 Å². The van der Waals surface area contributed by atoms with Crippen molar-refractivity contribution in [1.29, 1.82) is 0 Å². The molecule has 0 saturated heterocycles. The van der Waals surface area contributed by atoms with E-state index in [-0.39, 0.29) is 11.7 Å². The number of aromatic nitrogens is 1. The van der Waals surface area contributed by atoms with E-state index in [2.05, 4.69) is 5.32 Å². The summed E-state index contributed by atoms with van der Waals surface area (Å²) in [6, 6.07) is 24.9. The Bertz CT molecular complexity index is 1500. The number of ether oxygens (including phenoxy) is 1. The molecular formula is C27H20FN3O2S. The maximum absolute atomic E-state index is 14.1. The van der Waals surface area contributed by atoms with Crippen molar-refractivity contribution in [2.45, 2.75) is 0 Å². The normalized spacial score (nSPS) is 10.9. The fourth-order valence-corrected chi connectivity index (χ4v) is 4.81. The number of hydrogen-bond donors (Lipinski definition) is 2. The highest BCUT2D eigenvalue weighted by Gasteiger charge is 2.22. The third-order valence-corrected chi connectivity index (χ3v) is 6.56. The SMILES string of the molecule is COc1ccc(-c2cc(-c3cccc(F)c3)c3c(N)c(C(=O)Nc4ccccc4)sc3n2)cc1. The lowest BCUT2D eigenvalue weighted by molar-refractivity contribution is 0.103. The minimum absolute atomic E-state index is 0.317. The Balaban J connectivity index is 1.68. The number of halogens is 1. The van der Waals surface area contributed by atoms with Gasteiger partial charge < -0.3 is 15.8 Å². The first kappa shape index (κ1) is 21.6. The zero-order valence-electron chi connectivity index (χ0n) is 18.2. The molecule has 168 valence electrons. The van der Waals surface area contributed by atoms with Gasteiger partial charge in [-0.25, -0.2) is 9.37 Å². The molecule has 0 fully saturated rings. The number of pyridine rings is 1. The van der Waals surface area contributed by atoms with Gasteiger partial charge in [0.25, 0.3) is 5.91 Å².